The molecular formula is C16H18BrNO2. The largest absolute Gasteiger partial charge is 0.451 e. The average Bonchev–Trinajstić information content (AvgIpc) is 2.82. The molecule has 20 heavy (non-hydrogen) atoms. The van der Waals surface area contributed by atoms with E-state index in [4.69, 9.17) is 4.42 Å². The van der Waals surface area contributed by atoms with Crippen LogP contribution in [0.2, 0.25) is 0 Å². The van der Waals surface area contributed by atoms with Gasteiger partial charge in [0.1, 0.15) is 5.58 Å². The van der Waals surface area contributed by atoms with E-state index in [1.807, 2.05) is 29.2 Å². The maximum atomic E-state index is 12.6. The second-order valence-corrected chi connectivity index (χ2v) is 6.77. The fourth-order valence-electron chi connectivity index (χ4n) is 3.12. The number of nitrogens with zero attached hydrogens (tertiary/aromatic N) is 1. The maximum absolute atomic E-state index is 12.6. The van der Waals surface area contributed by atoms with Crippen LogP contribution < -0.4 is 0 Å². The van der Waals surface area contributed by atoms with Gasteiger partial charge in [-0.25, -0.2) is 0 Å². The topological polar surface area (TPSA) is 33.5 Å². The number of halogens is 1. The Hall–Kier alpha value is -1.29. The van der Waals surface area contributed by atoms with Crippen molar-refractivity contribution in [1.82, 2.24) is 4.90 Å². The molecule has 1 fully saturated rings. The SMILES string of the molecule is CC1CC(C)CN(C(=O)c2cc3c(Br)cccc3o2)C1. The molecule has 2 unspecified atom stereocenters. The van der Waals surface area contributed by atoms with Gasteiger partial charge < -0.3 is 9.32 Å². The molecule has 0 spiro atoms. The van der Waals surface area contributed by atoms with Crippen molar-refractivity contribution in [3.63, 3.8) is 0 Å². The summed E-state index contributed by atoms with van der Waals surface area (Å²) in [6.07, 6.45) is 1.19. The molecule has 1 aromatic carbocycles. The Kier molecular flexibility index (Phi) is 3.59. The number of amides is 1. The van der Waals surface area contributed by atoms with E-state index in [1.165, 1.54) is 6.42 Å². The van der Waals surface area contributed by atoms with Crippen molar-refractivity contribution in [2.75, 3.05) is 13.1 Å². The van der Waals surface area contributed by atoms with Gasteiger partial charge in [-0.15, -0.1) is 0 Å². The number of carbonyl (C=O) groups is 1. The third kappa shape index (κ3) is 2.49. The molecule has 0 saturated carbocycles. The normalized spacial score (nSPS) is 23.2. The molecular weight excluding hydrogens is 318 g/mol. The maximum Gasteiger partial charge on any atom is 0.289 e. The number of rotatable bonds is 1. The van der Waals surface area contributed by atoms with Crippen LogP contribution in [0, 0.1) is 11.8 Å². The summed E-state index contributed by atoms with van der Waals surface area (Å²) >= 11 is 3.49. The van der Waals surface area contributed by atoms with E-state index < -0.39 is 0 Å². The van der Waals surface area contributed by atoms with Gasteiger partial charge >= 0.3 is 0 Å². The monoisotopic (exact) mass is 335 g/mol. The summed E-state index contributed by atoms with van der Waals surface area (Å²) in [4.78, 5) is 14.5. The molecule has 1 aliphatic rings. The zero-order chi connectivity index (χ0) is 14.3. The Morgan fingerprint density at radius 1 is 1.30 bits per heavy atom. The molecule has 2 atom stereocenters. The molecule has 106 valence electrons. The van der Waals surface area contributed by atoms with Gasteiger partial charge in [0.15, 0.2) is 5.76 Å². The smallest absolute Gasteiger partial charge is 0.289 e. The first kappa shape index (κ1) is 13.7. The standard InChI is InChI=1S/C16H18BrNO2/c1-10-6-11(2)9-18(8-10)16(19)15-7-12-13(17)4-3-5-14(12)20-15/h3-5,7,10-11H,6,8-9H2,1-2H3. The van der Waals surface area contributed by atoms with Gasteiger partial charge in [0, 0.05) is 22.9 Å². The highest BCUT2D eigenvalue weighted by Gasteiger charge is 2.28. The Labute approximate surface area is 127 Å². The molecule has 4 heteroatoms. The highest BCUT2D eigenvalue weighted by atomic mass is 79.9. The summed E-state index contributed by atoms with van der Waals surface area (Å²) in [5.41, 5.74) is 0.751. The number of furan rings is 1. The Morgan fingerprint density at radius 2 is 2.00 bits per heavy atom. The van der Waals surface area contributed by atoms with Crippen molar-refractivity contribution in [3.05, 3.63) is 34.5 Å². The molecule has 1 aromatic heterocycles. The first-order valence-corrected chi connectivity index (χ1v) is 7.81. The summed E-state index contributed by atoms with van der Waals surface area (Å²) in [6, 6.07) is 7.59. The molecule has 2 aromatic rings. The van der Waals surface area contributed by atoms with Crippen LogP contribution in [-0.4, -0.2) is 23.9 Å². The van der Waals surface area contributed by atoms with Crippen molar-refractivity contribution in [2.24, 2.45) is 11.8 Å². The van der Waals surface area contributed by atoms with Crippen LogP contribution in [0.3, 0.4) is 0 Å². The van der Waals surface area contributed by atoms with Gasteiger partial charge in [-0.3, -0.25) is 4.79 Å². The summed E-state index contributed by atoms with van der Waals surface area (Å²) in [5.74, 6) is 1.55. The fourth-order valence-corrected chi connectivity index (χ4v) is 3.58. The molecule has 3 nitrogen and oxygen atoms in total. The van der Waals surface area contributed by atoms with E-state index in [0.29, 0.717) is 17.6 Å². The predicted octanol–water partition coefficient (Wildman–Crippen LogP) is 4.31. The van der Waals surface area contributed by atoms with E-state index >= 15 is 0 Å². The Bertz CT molecular complexity index is 639. The fraction of sp³-hybridized carbons (Fsp3) is 0.438. The van der Waals surface area contributed by atoms with Crippen molar-refractivity contribution >= 4 is 32.8 Å². The van der Waals surface area contributed by atoms with Gasteiger partial charge in [-0.1, -0.05) is 35.8 Å². The number of hydrogen-bond acceptors (Lipinski definition) is 2. The summed E-state index contributed by atoms with van der Waals surface area (Å²) < 4.78 is 6.67. The van der Waals surface area contributed by atoms with Gasteiger partial charge in [0.25, 0.3) is 5.91 Å². The minimum absolute atomic E-state index is 0.00602. The Morgan fingerprint density at radius 3 is 2.65 bits per heavy atom. The summed E-state index contributed by atoms with van der Waals surface area (Å²) in [7, 11) is 0. The van der Waals surface area contributed by atoms with E-state index in [-0.39, 0.29) is 5.91 Å². The molecule has 0 bridgehead atoms. The van der Waals surface area contributed by atoms with Crippen molar-refractivity contribution in [2.45, 2.75) is 20.3 Å². The van der Waals surface area contributed by atoms with Gasteiger partial charge in [-0.05, 0) is 36.5 Å². The first-order valence-electron chi connectivity index (χ1n) is 7.02. The van der Waals surface area contributed by atoms with Gasteiger partial charge in [0.05, 0.1) is 0 Å². The van der Waals surface area contributed by atoms with Crippen LogP contribution >= 0.6 is 15.9 Å². The lowest BCUT2D eigenvalue weighted by molar-refractivity contribution is 0.0594. The lowest BCUT2D eigenvalue weighted by Gasteiger charge is -2.34. The second kappa shape index (κ2) is 5.24. The molecule has 1 saturated heterocycles. The molecule has 0 radical (unpaired) electrons. The van der Waals surface area contributed by atoms with E-state index in [2.05, 4.69) is 29.8 Å². The molecule has 2 heterocycles. The van der Waals surface area contributed by atoms with Crippen LogP contribution in [0.25, 0.3) is 11.0 Å². The van der Waals surface area contributed by atoms with E-state index in [1.54, 1.807) is 0 Å². The summed E-state index contributed by atoms with van der Waals surface area (Å²) in [5, 5.41) is 0.953. The zero-order valence-electron chi connectivity index (χ0n) is 11.7. The third-order valence-corrected chi connectivity index (χ3v) is 4.57. The lowest BCUT2D eigenvalue weighted by atomic mass is 9.92. The Balaban J connectivity index is 1.90. The van der Waals surface area contributed by atoms with Crippen molar-refractivity contribution in [1.29, 1.82) is 0 Å². The molecule has 3 rings (SSSR count). The quantitative estimate of drug-likeness (QED) is 0.777. The third-order valence-electron chi connectivity index (χ3n) is 3.88. The number of benzene rings is 1. The number of hydrogen-bond donors (Lipinski definition) is 0. The molecule has 1 amide bonds. The highest BCUT2D eigenvalue weighted by Crippen LogP contribution is 2.29. The molecule has 1 aliphatic heterocycles. The number of fused-ring (bicyclic) bond motifs is 1. The number of piperidine rings is 1. The number of likely N-dealkylation sites (tertiary alicyclic amines) is 1. The van der Waals surface area contributed by atoms with Crippen molar-refractivity contribution < 1.29 is 9.21 Å². The van der Waals surface area contributed by atoms with Crippen LogP contribution in [0.1, 0.15) is 30.8 Å². The zero-order valence-corrected chi connectivity index (χ0v) is 13.3. The minimum Gasteiger partial charge on any atom is -0.451 e. The van der Waals surface area contributed by atoms with Gasteiger partial charge in [-0.2, -0.15) is 0 Å². The summed E-state index contributed by atoms with van der Waals surface area (Å²) in [6.45, 7) is 6.04. The van der Waals surface area contributed by atoms with Gasteiger partial charge in [0.2, 0.25) is 0 Å². The number of carbonyl (C=O) groups excluding carboxylic acids is 1. The van der Waals surface area contributed by atoms with E-state index in [9.17, 15) is 4.79 Å². The second-order valence-electron chi connectivity index (χ2n) is 5.92. The van der Waals surface area contributed by atoms with Crippen molar-refractivity contribution in [3.8, 4) is 0 Å². The van der Waals surface area contributed by atoms with Crippen LogP contribution in [0.5, 0.6) is 0 Å². The lowest BCUT2D eigenvalue weighted by Crippen LogP contribution is -2.42. The molecule has 0 N–H and O–H groups in total. The average molecular weight is 336 g/mol. The van der Waals surface area contributed by atoms with Crippen LogP contribution in [0.4, 0.5) is 0 Å². The van der Waals surface area contributed by atoms with Crippen LogP contribution in [-0.2, 0) is 0 Å². The first-order chi connectivity index (χ1) is 9.54. The minimum atomic E-state index is 0.00602. The highest BCUT2D eigenvalue weighted by molar-refractivity contribution is 9.10. The van der Waals surface area contributed by atoms with Crippen LogP contribution in [0.15, 0.2) is 33.2 Å². The van der Waals surface area contributed by atoms with E-state index in [0.717, 1.165) is 28.5 Å². The predicted molar refractivity (Wildman–Crippen MR) is 82.8 cm³/mol. The molecule has 0 aliphatic carbocycles.